The lowest BCUT2D eigenvalue weighted by Crippen LogP contribution is -2.45. The first-order valence-electron chi connectivity index (χ1n) is 13.1. The Morgan fingerprint density at radius 3 is 2.22 bits per heavy atom. The molecule has 0 radical (unpaired) electrons. The second-order valence-electron chi connectivity index (χ2n) is 9.54. The van der Waals surface area contributed by atoms with E-state index in [9.17, 15) is 9.59 Å². The average Bonchev–Trinajstić information content (AvgIpc) is 2.92. The minimum absolute atomic E-state index is 0.0443. The van der Waals surface area contributed by atoms with Crippen LogP contribution in [0.4, 0.5) is 0 Å². The number of nitrogens with zero attached hydrogens (tertiary/aromatic N) is 2. The highest BCUT2D eigenvalue weighted by molar-refractivity contribution is 6.07. The zero-order chi connectivity index (χ0) is 25.1. The van der Waals surface area contributed by atoms with Gasteiger partial charge in [0.05, 0.1) is 13.2 Å². The molecule has 6 nitrogen and oxygen atoms in total. The van der Waals surface area contributed by atoms with Crippen molar-refractivity contribution in [2.75, 3.05) is 32.8 Å². The van der Waals surface area contributed by atoms with Crippen molar-refractivity contribution in [3.8, 4) is 11.5 Å². The van der Waals surface area contributed by atoms with Gasteiger partial charge in [-0.05, 0) is 73.2 Å². The van der Waals surface area contributed by atoms with Crippen molar-refractivity contribution in [2.45, 2.75) is 39.7 Å². The Bertz CT molecular complexity index is 1260. The fourth-order valence-electron chi connectivity index (χ4n) is 5.46. The zero-order valence-electron chi connectivity index (χ0n) is 21.2. The van der Waals surface area contributed by atoms with Crippen LogP contribution in [0.15, 0.2) is 54.6 Å². The molecule has 36 heavy (non-hydrogen) atoms. The number of piperidine rings is 1. The lowest BCUT2D eigenvalue weighted by atomic mass is 9.92. The van der Waals surface area contributed by atoms with Crippen molar-refractivity contribution >= 4 is 22.6 Å². The highest BCUT2D eigenvalue weighted by Gasteiger charge is 2.32. The summed E-state index contributed by atoms with van der Waals surface area (Å²) in [5.41, 5.74) is 3.09. The number of carbonyl (C=O) groups is 2. The Morgan fingerprint density at radius 2 is 1.50 bits per heavy atom. The summed E-state index contributed by atoms with van der Waals surface area (Å²) in [5.74, 6) is 1.73. The monoisotopic (exact) mass is 486 g/mol. The molecule has 2 aliphatic heterocycles. The molecule has 3 aromatic rings. The van der Waals surface area contributed by atoms with Crippen LogP contribution >= 0.6 is 0 Å². The molecule has 2 aliphatic rings. The normalized spacial score (nSPS) is 16.1. The van der Waals surface area contributed by atoms with E-state index in [2.05, 4.69) is 6.07 Å². The number of likely N-dealkylation sites (tertiary alicyclic amines) is 1. The summed E-state index contributed by atoms with van der Waals surface area (Å²) in [6.45, 7) is 7.60. The molecule has 2 amide bonds. The third kappa shape index (κ3) is 4.77. The second kappa shape index (κ2) is 10.6. The Hall–Kier alpha value is -3.54. The SMILES string of the molecule is CCOc1cc2c(cc1OCC)CN(C(=O)C1CCN(C(=O)c3cccc4ccccc34)CC1)CC2. The van der Waals surface area contributed by atoms with Crippen molar-refractivity contribution in [3.63, 3.8) is 0 Å². The van der Waals surface area contributed by atoms with Crippen molar-refractivity contribution < 1.29 is 19.1 Å². The van der Waals surface area contributed by atoms with Crippen molar-refractivity contribution in [1.29, 1.82) is 0 Å². The molecule has 0 aromatic heterocycles. The minimum atomic E-state index is -0.0443. The van der Waals surface area contributed by atoms with Gasteiger partial charge >= 0.3 is 0 Å². The number of amides is 2. The van der Waals surface area contributed by atoms with Crippen LogP contribution in [0.1, 0.15) is 48.2 Å². The van der Waals surface area contributed by atoms with Gasteiger partial charge in [-0.1, -0.05) is 36.4 Å². The molecule has 2 heterocycles. The van der Waals surface area contributed by atoms with Gasteiger partial charge in [0, 0.05) is 37.7 Å². The van der Waals surface area contributed by atoms with Crippen molar-refractivity contribution in [3.05, 3.63) is 71.3 Å². The van der Waals surface area contributed by atoms with E-state index in [-0.39, 0.29) is 17.7 Å². The van der Waals surface area contributed by atoms with Crippen LogP contribution in [0.3, 0.4) is 0 Å². The molecule has 6 heteroatoms. The highest BCUT2D eigenvalue weighted by Crippen LogP contribution is 2.35. The van der Waals surface area contributed by atoms with E-state index in [1.54, 1.807) is 0 Å². The first-order chi connectivity index (χ1) is 17.6. The van der Waals surface area contributed by atoms with E-state index in [1.165, 1.54) is 5.56 Å². The largest absolute Gasteiger partial charge is 0.490 e. The quantitative estimate of drug-likeness (QED) is 0.488. The van der Waals surface area contributed by atoms with Crippen LogP contribution in [0, 0.1) is 5.92 Å². The third-order valence-corrected chi connectivity index (χ3v) is 7.34. The average molecular weight is 487 g/mol. The summed E-state index contributed by atoms with van der Waals surface area (Å²) in [5, 5.41) is 2.05. The molecule has 1 saturated heterocycles. The standard InChI is InChI=1S/C30H34N2O4/c1-3-35-27-18-23-14-17-32(20-24(23)19-28(27)36-4-2)29(33)22-12-15-31(16-13-22)30(34)26-11-7-9-21-8-5-6-10-25(21)26/h5-11,18-19,22H,3-4,12-17,20H2,1-2H3. The van der Waals surface area contributed by atoms with Crippen LogP contribution in [0.25, 0.3) is 10.8 Å². The molecule has 0 spiro atoms. The third-order valence-electron chi connectivity index (χ3n) is 7.34. The molecule has 0 unspecified atom stereocenters. The molecule has 0 aliphatic carbocycles. The van der Waals surface area contributed by atoms with Gasteiger partial charge in [0.15, 0.2) is 11.5 Å². The van der Waals surface area contributed by atoms with E-state index in [1.807, 2.05) is 72.2 Å². The summed E-state index contributed by atoms with van der Waals surface area (Å²) >= 11 is 0. The van der Waals surface area contributed by atoms with Gasteiger partial charge < -0.3 is 19.3 Å². The lowest BCUT2D eigenvalue weighted by molar-refractivity contribution is -0.137. The number of hydrogen-bond acceptors (Lipinski definition) is 4. The molecular formula is C30H34N2O4. The molecule has 188 valence electrons. The number of rotatable bonds is 6. The number of carbonyl (C=O) groups excluding carboxylic acids is 2. The second-order valence-corrected chi connectivity index (χ2v) is 9.54. The van der Waals surface area contributed by atoms with Crippen molar-refractivity contribution in [1.82, 2.24) is 9.80 Å². The first-order valence-corrected chi connectivity index (χ1v) is 13.1. The molecule has 5 rings (SSSR count). The van der Waals surface area contributed by atoms with Gasteiger partial charge in [0.1, 0.15) is 0 Å². The van der Waals surface area contributed by atoms with Crippen LogP contribution in [0.2, 0.25) is 0 Å². The topological polar surface area (TPSA) is 59.1 Å². The number of fused-ring (bicyclic) bond motifs is 2. The van der Waals surface area contributed by atoms with E-state index >= 15 is 0 Å². The molecule has 0 atom stereocenters. The van der Waals surface area contributed by atoms with Crippen LogP contribution in [-0.2, 0) is 17.8 Å². The summed E-state index contributed by atoms with van der Waals surface area (Å²) in [7, 11) is 0. The number of hydrogen-bond donors (Lipinski definition) is 0. The van der Waals surface area contributed by atoms with Crippen LogP contribution in [0.5, 0.6) is 11.5 Å². The Balaban J connectivity index is 1.23. The molecule has 0 N–H and O–H groups in total. The summed E-state index contributed by atoms with van der Waals surface area (Å²) in [4.78, 5) is 30.6. The first kappa shape index (κ1) is 24.2. The smallest absolute Gasteiger partial charge is 0.254 e. The predicted molar refractivity (Wildman–Crippen MR) is 140 cm³/mol. The van der Waals surface area contributed by atoms with E-state index in [0.29, 0.717) is 52.2 Å². The fourth-order valence-corrected chi connectivity index (χ4v) is 5.46. The van der Waals surface area contributed by atoms with Gasteiger partial charge in [0.25, 0.3) is 5.91 Å². The number of benzene rings is 3. The van der Waals surface area contributed by atoms with Gasteiger partial charge in [-0.15, -0.1) is 0 Å². The molecular weight excluding hydrogens is 452 g/mol. The predicted octanol–water partition coefficient (Wildman–Crippen LogP) is 5.07. The fraction of sp³-hybridized carbons (Fsp3) is 0.400. The van der Waals surface area contributed by atoms with Gasteiger partial charge in [0.2, 0.25) is 5.91 Å². The summed E-state index contributed by atoms with van der Waals surface area (Å²) < 4.78 is 11.6. The molecule has 3 aromatic carbocycles. The van der Waals surface area contributed by atoms with Crippen molar-refractivity contribution in [2.24, 2.45) is 5.92 Å². The highest BCUT2D eigenvalue weighted by atomic mass is 16.5. The van der Waals surface area contributed by atoms with Crippen LogP contribution in [-0.4, -0.2) is 54.5 Å². The minimum Gasteiger partial charge on any atom is -0.490 e. The Morgan fingerprint density at radius 1 is 0.833 bits per heavy atom. The Kier molecular flexibility index (Phi) is 7.12. The summed E-state index contributed by atoms with van der Waals surface area (Å²) in [6, 6.07) is 18.0. The zero-order valence-corrected chi connectivity index (χ0v) is 21.2. The van der Waals surface area contributed by atoms with E-state index in [4.69, 9.17) is 9.47 Å². The van der Waals surface area contributed by atoms with E-state index < -0.39 is 0 Å². The summed E-state index contributed by atoms with van der Waals surface area (Å²) in [6.07, 6.45) is 2.21. The van der Waals surface area contributed by atoms with E-state index in [0.717, 1.165) is 39.8 Å². The number of ether oxygens (including phenoxy) is 2. The molecule has 1 fully saturated rings. The maximum absolute atomic E-state index is 13.4. The maximum atomic E-state index is 13.4. The van der Waals surface area contributed by atoms with Gasteiger partial charge in [-0.25, -0.2) is 0 Å². The van der Waals surface area contributed by atoms with Crippen LogP contribution < -0.4 is 9.47 Å². The van der Waals surface area contributed by atoms with Gasteiger partial charge in [-0.3, -0.25) is 9.59 Å². The molecule has 0 saturated carbocycles. The lowest BCUT2D eigenvalue weighted by Gasteiger charge is -2.36. The van der Waals surface area contributed by atoms with Gasteiger partial charge in [-0.2, -0.15) is 0 Å². The Labute approximate surface area is 212 Å². The molecule has 0 bridgehead atoms. The maximum Gasteiger partial charge on any atom is 0.254 e.